The van der Waals surface area contributed by atoms with Crippen molar-refractivity contribution in [3.05, 3.63) is 46.8 Å². The molecule has 2 aliphatic rings. The summed E-state index contributed by atoms with van der Waals surface area (Å²) in [7, 11) is -3.46. The molecular weight excluding hydrogens is 404 g/mol. The van der Waals surface area contributed by atoms with Gasteiger partial charge in [-0.3, -0.25) is 9.69 Å². The average molecular weight is 433 g/mol. The highest BCUT2D eigenvalue weighted by atomic mass is 32.2. The first-order valence-electron chi connectivity index (χ1n) is 10.4. The second-order valence-corrected chi connectivity index (χ2v) is 9.94. The molecule has 2 saturated heterocycles. The smallest absolute Gasteiger partial charge is 0.253 e. The molecule has 2 fully saturated rings. The van der Waals surface area contributed by atoms with E-state index in [0.29, 0.717) is 31.7 Å². The summed E-state index contributed by atoms with van der Waals surface area (Å²) in [4.78, 5) is 17.2. The van der Waals surface area contributed by atoms with Gasteiger partial charge in [0.05, 0.1) is 10.6 Å². The molecular formula is C21H28N4O4S. The molecule has 0 atom stereocenters. The van der Waals surface area contributed by atoms with E-state index in [1.807, 2.05) is 18.7 Å². The molecule has 8 nitrogen and oxygen atoms in total. The van der Waals surface area contributed by atoms with Gasteiger partial charge >= 0.3 is 0 Å². The second kappa shape index (κ2) is 8.49. The topological polar surface area (TPSA) is 87.0 Å². The van der Waals surface area contributed by atoms with E-state index in [2.05, 4.69) is 10.1 Å². The van der Waals surface area contributed by atoms with Gasteiger partial charge < -0.3 is 9.42 Å². The molecule has 2 aliphatic heterocycles. The molecule has 1 amide bonds. The first kappa shape index (κ1) is 21.0. The zero-order valence-corrected chi connectivity index (χ0v) is 18.3. The minimum atomic E-state index is -3.46. The third kappa shape index (κ3) is 4.14. The minimum absolute atomic E-state index is 0.0582. The van der Waals surface area contributed by atoms with Crippen molar-refractivity contribution >= 4 is 15.9 Å². The number of hydrogen-bond donors (Lipinski definition) is 0. The highest BCUT2D eigenvalue weighted by molar-refractivity contribution is 7.89. The van der Waals surface area contributed by atoms with Crippen LogP contribution in [-0.2, 0) is 16.6 Å². The van der Waals surface area contributed by atoms with E-state index < -0.39 is 10.0 Å². The quantitative estimate of drug-likeness (QED) is 0.719. The number of carbonyl (C=O) groups excluding carboxylic acids is 1. The van der Waals surface area contributed by atoms with Crippen LogP contribution >= 0.6 is 0 Å². The Morgan fingerprint density at radius 1 is 1.00 bits per heavy atom. The van der Waals surface area contributed by atoms with E-state index >= 15 is 0 Å². The standard InChI is InChI=1S/C21H28N4O4S/c1-16-20(17(2)29-22-16)15-23-11-13-24(14-12-23)21(26)18-5-7-19(8-6-18)30(27,28)25-9-3-4-10-25/h5-8H,3-4,9-15H2,1-2H3. The minimum Gasteiger partial charge on any atom is -0.361 e. The van der Waals surface area contributed by atoms with Crippen LogP contribution in [0.1, 0.15) is 40.2 Å². The van der Waals surface area contributed by atoms with Crippen LogP contribution in [-0.4, -0.2) is 72.9 Å². The largest absolute Gasteiger partial charge is 0.361 e. The van der Waals surface area contributed by atoms with Crippen molar-refractivity contribution in [3.63, 3.8) is 0 Å². The van der Waals surface area contributed by atoms with Crippen LogP contribution in [0.5, 0.6) is 0 Å². The number of benzene rings is 1. The Bertz CT molecular complexity index is 983. The number of carbonyl (C=O) groups is 1. The van der Waals surface area contributed by atoms with Crippen molar-refractivity contribution in [1.29, 1.82) is 0 Å². The van der Waals surface area contributed by atoms with E-state index in [1.165, 1.54) is 4.31 Å². The van der Waals surface area contributed by atoms with Crippen LogP contribution in [0.2, 0.25) is 0 Å². The summed E-state index contributed by atoms with van der Waals surface area (Å²) in [5, 5.41) is 4.00. The zero-order chi connectivity index (χ0) is 21.3. The summed E-state index contributed by atoms with van der Waals surface area (Å²) in [6.45, 7) is 8.59. The molecule has 2 aromatic rings. The number of piperazine rings is 1. The Morgan fingerprint density at radius 2 is 1.63 bits per heavy atom. The van der Waals surface area contributed by atoms with Crippen molar-refractivity contribution in [2.75, 3.05) is 39.3 Å². The molecule has 0 spiro atoms. The Kier molecular flexibility index (Phi) is 5.95. The van der Waals surface area contributed by atoms with Gasteiger partial charge in [-0.05, 0) is 51.0 Å². The molecule has 0 aliphatic carbocycles. The van der Waals surface area contributed by atoms with Crippen molar-refractivity contribution in [2.24, 2.45) is 0 Å². The van der Waals surface area contributed by atoms with Gasteiger partial charge in [-0.25, -0.2) is 8.42 Å². The molecule has 0 unspecified atom stereocenters. The number of nitrogens with zero attached hydrogens (tertiary/aromatic N) is 4. The molecule has 0 bridgehead atoms. The SMILES string of the molecule is Cc1noc(C)c1CN1CCN(C(=O)c2ccc(S(=O)(=O)N3CCCC3)cc2)CC1. The van der Waals surface area contributed by atoms with Crippen LogP contribution < -0.4 is 0 Å². The van der Waals surface area contributed by atoms with Gasteiger partial charge in [-0.1, -0.05) is 5.16 Å². The summed E-state index contributed by atoms with van der Waals surface area (Å²) in [5.74, 6) is 0.784. The van der Waals surface area contributed by atoms with Gasteiger partial charge in [0, 0.05) is 56.9 Å². The van der Waals surface area contributed by atoms with Gasteiger partial charge in [0.15, 0.2) is 0 Å². The fourth-order valence-corrected chi connectivity index (χ4v) is 5.61. The Hall–Kier alpha value is -2.23. The van der Waals surface area contributed by atoms with E-state index in [-0.39, 0.29) is 10.8 Å². The van der Waals surface area contributed by atoms with E-state index in [9.17, 15) is 13.2 Å². The third-order valence-electron chi connectivity index (χ3n) is 6.03. The van der Waals surface area contributed by atoms with Gasteiger partial charge in [0.2, 0.25) is 10.0 Å². The molecule has 1 aromatic heterocycles. The molecule has 1 aromatic carbocycles. The lowest BCUT2D eigenvalue weighted by Gasteiger charge is -2.34. The monoisotopic (exact) mass is 432 g/mol. The molecule has 0 radical (unpaired) electrons. The lowest BCUT2D eigenvalue weighted by atomic mass is 10.1. The third-order valence-corrected chi connectivity index (χ3v) is 7.94. The molecule has 30 heavy (non-hydrogen) atoms. The Labute approximate surface area is 177 Å². The number of aromatic nitrogens is 1. The van der Waals surface area contributed by atoms with Crippen LogP contribution in [0.3, 0.4) is 0 Å². The lowest BCUT2D eigenvalue weighted by molar-refractivity contribution is 0.0627. The highest BCUT2D eigenvalue weighted by Gasteiger charge is 2.28. The zero-order valence-electron chi connectivity index (χ0n) is 17.5. The molecule has 0 N–H and O–H groups in total. The van der Waals surface area contributed by atoms with E-state index in [1.54, 1.807) is 24.3 Å². The predicted molar refractivity (Wildman–Crippen MR) is 112 cm³/mol. The van der Waals surface area contributed by atoms with Crippen molar-refractivity contribution in [1.82, 2.24) is 19.3 Å². The fourth-order valence-electron chi connectivity index (χ4n) is 4.09. The number of sulfonamides is 1. The summed E-state index contributed by atoms with van der Waals surface area (Å²) in [5.41, 5.74) is 2.55. The first-order valence-corrected chi connectivity index (χ1v) is 11.8. The first-order chi connectivity index (χ1) is 14.4. The molecule has 162 valence electrons. The van der Waals surface area contributed by atoms with Crippen LogP contribution in [0.15, 0.2) is 33.7 Å². The van der Waals surface area contributed by atoms with E-state index in [4.69, 9.17) is 4.52 Å². The number of hydrogen-bond acceptors (Lipinski definition) is 6. The summed E-state index contributed by atoms with van der Waals surface area (Å²) < 4.78 is 32.0. The molecule has 4 rings (SSSR count). The summed E-state index contributed by atoms with van der Waals surface area (Å²) >= 11 is 0. The van der Waals surface area contributed by atoms with Gasteiger partial charge in [0.25, 0.3) is 5.91 Å². The predicted octanol–water partition coefficient (Wildman–Crippen LogP) is 2.03. The Morgan fingerprint density at radius 3 is 2.20 bits per heavy atom. The van der Waals surface area contributed by atoms with Crippen molar-refractivity contribution in [3.8, 4) is 0 Å². The number of rotatable bonds is 5. The summed E-state index contributed by atoms with van der Waals surface area (Å²) in [6, 6.07) is 6.35. The maximum Gasteiger partial charge on any atom is 0.253 e. The van der Waals surface area contributed by atoms with Crippen LogP contribution in [0, 0.1) is 13.8 Å². The maximum atomic E-state index is 12.9. The van der Waals surface area contributed by atoms with Crippen LogP contribution in [0.4, 0.5) is 0 Å². The van der Waals surface area contributed by atoms with Gasteiger partial charge in [-0.2, -0.15) is 4.31 Å². The molecule has 0 saturated carbocycles. The summed E-state index contributed by atoms with van der Waals surface area (Å²) in [6.07, 6.45) is 1.80. The van der Waals surface area contributed by atoms with Crippen molar-refractivity contribution in [2.45, 2.75) is 38.1 Å². The lowest BCUT2D eigenvalue weighted by Crippen LogP contribution is -2.48. The fraction of sp³-hybridized carbons (Fsp3) is 0.524. The van der Waals surface area contributed by atoms with Crippen LogP contribution in [0.25, 0.3) is 0 Å². The number of amides is 1. The Balaban J connectivity index is 1.36. The molecule has 3 heterocycles. The maximum absolute atomic E-state index is 12.9. The van der Waals surface area contributed by atoms with E-state index in [0.717, 1.165) is 49.5 Å². The number of aryl methyl sites for hydroxylation is 2. The highest BCUT2D eigenvalue weighted by Crippen LogP contribution is 2.22. The average Bonchev–Trinajstić information content (AvgIpc) is 3.41. The normalized spacial score (nSPS) is 18.8. The van der Waals surface area contributed by atoms with Gasteiger partial charge in [-0.15, -0.1) is 0 Å². The second-order valence-electron chi connectivity index (χ2n) is 8.01. The van der Waals surface area contributed by atoms with Crippen molar-refractivity contribution < 1.29 is 17.7 Å². The van der Waals surface area contributed by atoms with Gasteiger partial charge in [0.1, 0.15) is 5.76 Å². The molecule has 9 heteroatoms.